The zero-order valence-electron chi connectivity index (χ0n) is 13.8. The van der Waals surface area contributed by atoms with Gasteiger partial charge in [0, 0.05) is 10.0 Å². The van der Waals surface area contributed by atoms with Crippen LogP contribution in [0.3, 0.4) is 0 Å². The van der Waals surface area contributed by atoms with Crippen molar-refractivity contribution < 1.29 is 13.6 Å². The Morgan fingerprint density at radius 3 is 1.50 bits per heavy atom. The van der Waals surface area contributed by atoms with Gasteiger partial charge in [0.1, 0.15) is 0 Å². The van der Waals surface area contributed by atoms with Gasteiger partial charge in [0.05, 0.1) is 18.5 Å². The van der Waals surface area contributed by atoms with Crippen LogP contribution in [-0.2, 0) is 26.8 Å². The Bertz CT molecular complexity index is 828. The summed E-state index contributed by atoms with van der Waals surface area (Å²) in [4.78, 5) is 0. The van der Waals surface area contributed by atoms with Crippen LogP contribution >= 0.6 is 30.8 Å². The van der Waals surface area contributed by atoms with Gasteiger partial charge in [0.2, 0.25) is 0 Å². The molecule has 3 nitrogen and oxygen atoms in total. The smallest absolute Gasteiger partial charge is 0.300 e. The second-order valence-corrected chi connectivity index (χ2v) is 8.53. The molecule has 3 aromatic carbocycles. The second kappa shape index (κ2) is 8.85. The maximum atomic E-state index is 13.4. The molecule has 0 aliphatic rings. The van der Waals surface area contributed by atoms with Crippen molar-refractivity contribution in [3.8, 4) is 0 Å². The molecule has 6 heteroatoms. The molecule has 0 fully saturated rings. The van der Waals surface area contributed by atoms with Gasteiger partial charge in [-0.3, -0.25) is 4.57 Å². The molecule has 3 rings (SSSR count). The molecular formula is C20H17Cl2O3P. The highest BCUT2D eigenvalue weighted by atomic mass is 35.5. The predicted molar refractivity (Wildman–Crippen MR) is 106 cm³/mol. The first-order valence-corrected chi connectivity index (χ1v) is 10.3. The third-order valence-corrected chi connectivity index (χ3v) is 6.07. The molecule has 0 heterocycles. The van der Waals surface area contributed by atoms with E-state index in [1.165, 1.54) is 0 Å². The van der Waals surface area contributed by atoms with Crippen molar-refractivity contribution >= 4 is 36.1 Å². The Hall–Kier alpha value is -1.61. The molecule has 0 aromatic heterocycles. The molecule has 3 aromatic rings. The van der Waals surface area contributed by atoms with Crippen molar-refractivity contribution in [3.05, 3.63) is 100 Å². The standard InChI is InChI=1S/C20H17Cl2O3P/c21-18-10-6-16(7-11-18)14-24-26(23,20-4-2-1-3-5-20)25-15-17-8-12-19(22)13-9-17/h1-13H,14-15H2. The van der Waals surface area contributed by atoms with E-state index in [4.69, 9.17) is 32.2 Å². The van der Waals surface area contributed by atoms with Crippen LogP contribution in [0.1, 0.15) is 11.1 Å². The lowest BCUT2D eigenvalue weighted by Gasteiger charge is -2.19. The van der Waals surface area contributed by atoms with Crippen LogP contribution in [0.2, 0.25) is 10.0 Å². The molecule has 0 unspecified atom stereocenters. The fraction of sp³-hybridized carbons (Fsp3) is 0.100. The molecule has 0 amide bonds. The fourth-order valence-corrected chi connectivity index (χ4v) is 4.08. The summed E-state index contributed by atoms with van der Waals surface area (Å²) in [6.45, 7) is 0.313. The van der Waals surface area contributed by atoms with Gasteiger partial charge in [-0.25, -0.2) is 0 Å². The normalized spacial score (nSPS) is 11.5. The van der Waals surface area contributed by atoms with Gasteiger partial charge in [-0.15, -0.1) is 0 Å². The number of halogens is 2. The summed E-state index contributed by atoms with van der Waals surface area (Å²) in [5, 5.41) is 1.79. The van der Waals surface area contributed by atoms with Crippen LogP contribution in [0.15, 0.2) is 78.9 Å². The first kappa shape index (κ1) is 19.2. The van der Waals surface area contributed by atoms with E-state index in [1.54, 1.807) is 48.5 Å². The third-order valence-electron chi connectivity index (χ3n) is 3.70. The molecule has 0 aliphatic heterocycles. The summed E-state index contributed by atoms with van der Waals surface area (Å²) < 4.78 is 24.9. The first-order valence-electron chi connectivity index (χ1n) is 7.99. The van der Waals surface area contributed by atoms with Gasteiger partial charge in [-0.05, 0) is 47.5 Å². The Morgan fingerprint density at radius 2 is 1.08 bits per heavy atom. The Morgan fingerprint density at radius 1 is 0.654 bits per heavy atom. The van der Waals surface area contributed by atoms with Crippen molar-refractivity contribution in [1.82, 2.24) is 0 Å². The van der Waals surface area contributed by atoms with E-state index in [0.717, 1.165) is 11.1 Å². The maximum absolute atomic E-state index is 13.4. The Balaban J connectivity index is 1.76. The summed E-state index contributed by atoms with van der Waals surface area (Å²) in [5.74, 6) is 0. The van der Waals surface area contributed by atoms with E-state index in [0.29, 0.717) is 15.3 Å². The number of rotatable bonds is 7. The maximum Gasteiger partial charge on any atom is 0.361 e. The third kappa shape index (κ3) is 5.20. The molecule has 26 heavy (non-hydrogen) atoms. The average Bonchev–Trinajstić information content (AvgIpc) is 2.68. The van der Waals surface area contributed by atoms with Crippen LogP contribution in [-0.4, -0.2) is 0 Å². The van der Waals surface area contributed by atoms with E-state index < -0.39 is 7.60 Å². The summed E-state index contributed by atoms with van der Waals surface area (Å²) in [6, 6.07) is 23.3. The van der Waals surface area contributed by atoms with Crippen molar-refractivity contribution in [2.24, 2.45) is 0 Å². The molecule has 134 valence electrons. The first-order chi connectivity index (χ1) is 12.5. The minimum absolute atomic E-state index is 0.157. The predicted octanol–water partition coefficient (Wildman–Crippen LogP) is 6.25. The average molecular weight is 407 g/mol. The summed E-state index contributed by atoms with van der Waals surface area (Å²) >= 11 is 11.8. The van der Waals surface area contributed by atoms with Gasteiger partial charge in [0.25, 0.3) is 0 Å². The minimum Gasteiger partial charge on any atom is -0.300 e. The molecule has 0 radical (unpaired) electrons. The van der Waals surface area contributed by atoms with Crippen molar-refractivity contribution in [2.75, 3.05) is 0 Å². The topological polar surface area (TPSA) is 35.5 Å². The summed E-state index contributed by atoms with van der Waals surface area (Å²) in [7, 11) is -3.49. The van der Waals surface area contributed by atoms with E-state index in [1.807, 2.05) is 30.3 Å². The van der Waals surface area contributed by atoms with Crippen LogP contribution < -0.4 is 5.30 Å². The van der Waals surface area contributed by atoms with Gasteiger partial charge < -0.3 is 9.05 Å². The quantitative estimate of drug-likeness (QED) is 0.435. The zero-order chi connectivity index (χ0) is 18.4. The number of hydrogen-bond donors (Lipinski definition) is 0. The van der Waals surface area contributed by atoms with Gasteiger partial charge in [-0.2, -0.15) is 0 Å². The molecule has 0 saturated carbocycles. The van der Waals surface area contributed by atoms with Crippen molar-refractivity contribution in [1.29, 1.82) is 0 Å². The van der Waals surface area contributed by atoms with E-state index in [9.17, 15) is 4.57 Å². The van der Waals surface area contributed by atoms with Gasteiger partial charge in [0.15, 0.2) is 0 Å². The lowest BCUT2D eigenvalue weighted by molar-refractivity contribution is 0.200. The minimum atomic E-state index is -3.49. The number of benzene rings is 3. The SMILES string of the molecule is O=P(OCc1ccc(Cl)cc1)(OCc1ccc(Cl)cc1)c1ccccc1. The lowest BCUT2D eigenvalue weighted by Crippen LogP contribution is -2.10. The summed E-state index contributed by atoms with van der Waals surface area (Å²) in [5.41, 5.74) is 1.72. The molecule has 0 aliphatic carbocycles. The van der Waals surface area contributed by atoms with Crippen molar-refractivity contribution in [3.63, 3.8) is 0 Å². The molecule has 0 N–H and O–H groups in total. The molecule has 0 saturated heterocycles. The zero-order valence-corrected chi connectivity index (χ0v) is 16.3. The molecule has 0 spiro atoms. The Kier molecular flexibility index (Phi) is 6.53. The second-order valence-electron chi connectivity index (χ2n) is 5.63. The van der Waals surface area contributed by atoms with Gasteiger partial charge >= 0.3 is 7.60 Å². The van der Waals surface area contributed by atoms with Crippen LogP contribution in [0.4, 0.5) is 0 Å². The van der Waals surface area contributed by atoms with Crippen LogP contribution in [0, 0.1) is 0 Å². The largest absolute Gasteiger partial charge is 0.361 e. The van der Waals surface area contributed by atoms with Gasteiger partial charge in [-0.1, -0.05) is 65.7 Å². The highest BCUT2D eigenvalue weighted by Crippen LogP contribution is 2.48. The van der Waals surface area contributed by atoms with E-state index >= 15 is 0 Å². The molecule has 0 atom stereocenters. The Labute approximate surface area is 163 Å². The lowest BCUT2D eigenvalue weighted by atomic mass is 10.2. The van der Waals surface area contributed by atoms with Crippen LogP contribution in [0.25, 0.3) is 0 Å². The number of hydrogen-bond acceptors (Lipinski definition) is 3. The summed E-state index contributed by atoms with van der Waals surface area (Å²) in [6.07, 6.45) is 0. The van der Waals surface area contributed by atoms with E-state index in [2.05, 4.69) is 0 Å². The molecule has 0 bridgehead atoms. The van der Waals surface area contributed by atoms with Crippen LogP contribution in [0.5, 0.6) is 0 Å². The highest BCUT2D eigenvalue weighted by Gasteiger charge is 2.27. The van der Waals surface area contributed by atoms with Crippen molar-refractivity contribution in [2.45, 2.75) is 13.2 Å². The molecular weight excluding hydrogens is 390 g/mol. The monoisotopic (exact) mass is 406 g/mol. The highest BCUT2D eigenvalue weighted by molar-refractivity contribution is 7.62. The fourth-order valence-electron chi connectivity index (χ4n) is 2.28. The van der Waals surface area contributed by atoms with E-state index in [-0.39, 0.29) is 13.2 Å².